The Kier molecular flexibility index (Phi) is 5.09. The Morgan fingerprint density at radius 2 is 2.17 bits per heavy atom. The van der Waals surface area contributed by atoms with Crippen LogP contribution in [0.15, 0.2) is 24.3 Å². The highest BCUT2D eigenvalue weighted by Gasteiger charge is 2.09. The summed E-state index contributed by atoms with van der Waals surface area (Å²) in [6.45, 7) is 4.18. The predicted molar refractivity (Wildman–Crippen MR) is 78.9 cm³/mol. The van der Waals surface area contributed by atoms with Gasteiger partial charge in [0.2, 0.25) is 5.91 Å². The minimum atomic E-state index is -0.00627. The largest absolute Gasteiger partial charge is 0.389 e. The summed E-state index contributed by atoms with van der Waals surface area (Å²) in [5, 5.41) is 2.85. The van der Waals surface area contributed by atoms with Crippen molar-refractivity contribution in [1.82, 2.24) is 5.32 Å². The number of nitrogens with two attached hydrogens (primary N) is 1. The number of carbonyl (C=O) groups is 1. The molecular formula is C13H19N3OS. The third kappa shape index (κ3) is 4.33. The molecule has 0 unspecified atom stereocenters. The number of carbonyl (C=O) groups excluding carboxylic acids is 1. The topological polar surface area (TPSA) is 58.4 Å². The van der Waals surface area contributed by atoms with E-state index in [1.807, 2.05) is 50.1 Å². The Balaban J connectivity index is 2.72. The quantitative estimate of drug-likeness (QED) is 0.788. The van der Waals surface area contributed by atoms with Crippen LogP contribution in [0.3, 0.4) is 0 Å². The van der Waals surface area contributed by atoms with E-state index in [-0.39, 0.29) is 11.9 Å². The minimum Gasteiger partial charge on any atom is -0.389 e. The van der Waals surface area contributed by atoms with Crippen LogP contribution in [0, 0.1) is 0 Å². The molecule has 0 aliphatic heterocycles. The number of rotatable bonds is 5. The van der Waals surface area contributed by atoms with Crippen molar-refractivity contribution in [3.8, 4) is 0 Å². The fraction of sp³-hybridized carbons (Fsp3) is 0.385. The van der Waals surface area contributed by atoms with E-state index < -0.39 is 0 Å². The maximum atomic E-state index is 11.7. The lowest BCUT2D eigenvalue weighted by Gasteiger charge is -2.20. The number of nitrogens with zero attached hydrogens (tertiary/aromatic N) is 1. The van der Waals surface area contributed by atoms with Gasteiger partial charge in [-0.1, -0.05) is 24.4 Å². The normalized spacial score (nSPS) is 10.2. The van der Waals surface area contributed by atoms with Crippen molar-refractivity contribution in [2.24, 2.45) is 5.73 Å². The van der Waals surface area contributed by atoms with Gasteiger partial charge in [-0.15, -0.1) is 0 Å². The highest BCUT2D eigenvalue weighted by molar-refractivity contribution is 7.80. The number of benzene rings is 1. The summed E-state index contributed by atoms with van der Waals surface area (Å²) in [6.07, 6.45) is 0. The minimum absolute atomic E-state index is 0.00627. The number of amides is 1. The predicted octanol–water partition coefficient (Wildman–Crippen LogP) is 1.28. The van der Waals surface area contributed by atoms with Crippen molar-refractivity contribution in [2.45, 2.75) is 19.9 Å². The van der Waals surface area contributed by atoms with E-state index in [2.05, 4.69) is 5.32 Å². The van der Waals surface area contributed by atoms with Gasteiger partial charge in [-0.2, -0.15) is 0 Å². The molecule has 0 aliphatic rings. The fourth-order valence-electron chi connectivity index (χ4n) is 1.57. The van der Waals surface area contributed by atoms with E-state index in [0.717, 1.165) is 11.3 Å². The molecule has 0 bridgehead atoms. The second-order valence-corrected chi connectivity index (χ2v) is 4.93. The summed E-state index contributed by atoms with van der Waals surface area (Å²) in [5.41, 5.74) is 7.30. The molecular weight excluding hydrogens is 246 g/mol. The Bertz CT molecular complexity index is 446. The van der Waals surface area contributed by atoms with Gasteiger partial charge in [0.1, 0.15) is 4.99 Å². The molecule has 5 heteroatoms. The maximum absolute atomic E-state index is 11.7. The van der Waals surface area contributed by atoms with Gasteiger partial charge in [0, 0.05) is 24.3 Å². The standard InChI is InChI=1S/C13H19N3OS/c1-9(2)15-12(17)8-16(3)11-6-4-5-10(7-11)13(14)18/h4-7,9H,8H2,1-3H3,(H2,14,18)(H,15,17). The van der Waals surface area contributed by atoms with Crippen molar-refractivity contribution in [3.63, 3.8) is 0 Å². The number of likely N-dealkylation sites (N-methyl/N-ethyl adjacent to an activating group) is 1. The average molecular weight is 265 g/mol. The third-order valence-electron chi connectivity index (χ3n) is 2.40. The number of hydrogen-bond acceptors (Lipinski definition) is 3. The van der Waals surface area contributed by atoms with E-state index in [4.69, 9.17) is 18.0 Å². The van der Waals surface area contributed by atoms with Crippen LogP contribution >= 0.6 is 12.2 Å². The molecule has 0 aliphatic carbocycles. The summed E-state index contributed by atoms with van der Waals surface area (Å²) in [6, 6.07) is 7.68. The average Bonchev–Trinajstić information content (AvgIpc) is 2.27. The first-order chi connectivity index (χ1) is 8.40. The molecule has 0 spiro atoms. The van der Waals surface area contributed by atoms with Crippen LogP contribution in [-0.2, 0) is 4.79 Å². The Morgan fingerprint density at radius 3 is 2.72 bits per heavy atom. The second-order valence-electron chi connectivity index (χ2n) is 4.49. The van der Waals surface area contributed by atoms with Gasteiger partial charge in [-0.05, 0) is 26.0 Å². The molecule has 0 fully saturated rings. The molecule has 0 radical (unpaired) electrons. The van der Waals surface area contributed by atoms with Gasteiger partial charge < -0.3 is 16.0 Å². The molecule has 0 aromatic heterocycles. The maximum Gasteiger partial charge on any atom is 0.239 e. The molecule has 1 aromatic rings. The van der Waals surface area contributed by atoms with Crippen LogP contribution in [0.5, 0.6) is 0 Å². The van der Waals surface area contributed by atoms with Crippen molar-refractivity contribution in [2.75, 3.05) is 18.5 Å². The molecule has 0 saturated carbocycles. The lowest BCUT2D eigenvalue weighted by atomic mass is 10.2. The number of anilines is 1. The van der Waals surface area contributed by atoms with Crippen LogP contribution in [-0.4, -0.2) is 30.5 Å². The molecule has 3 N–H and O–H groups in total. The molecule has 1 amide bonds. The van der Waals surface area contributed by atoms with E-state index >= 15 is 0 Å². The van der Waals surface area contributed by atoms with E-state index in [1.165, 1.54) is 0 Å². The molecule has 1 rings (SSSR count). The first kappa shape index (κ1) is 14.4. The van der Waals surface area contributed by atoms with Crippen LogP contribution in [0.1, 0.15) is 19.4 Å². The Labute approximate surface area is 113 Å². The second kappa shape index (κ2) is 6.35. The van der Waals surface area contributed by atoms with Gasteiger partial charge in [0.25, 0.3) is 0 Å². The lowest BCUT2D eigenvalue weighted by molar-refractivity contribution is -0.120. The van der Waals surface area contributed by atoms with E-state index in [1.54, 1.807) is 0 Å². The van der Waals surface area contributed by atoms with Gasteiger partial charge in [-0.3, -0.25) is 4.79 Å². The zero-order valence-corrected chi connectivity index (χ0v) is 11.8. The first-order valence-electron chi connectivity index (χ1n) is 5.80. The van der Waals surface area contributed by atoms with Crippen molar-refractivity contribution in [1.29, 1.82) is 0 Å². The molecule has 98 valence electrons. The van der Waals surface area contributed by atoms with E-state index in [0.29, 0.717) is 11.5 Å². The summed E-state index contributed by atoms with van der Waals surface area (Å²) < 4.78 is 0. The smallest absolute Gasteiger partial charge is 0.239 e. The van der Waals surface area contributed by atoms with Crippen LogP contribution < -0.4 is 16.0 Å². The summed E-state index contributed by atoms with van der Waals surface area (Å²) in [4.78, 5) is 13.9. The molecule has 18 heavy (non-hydrogen) atoms. The SMILES string of the molecule is CC(C)NC(=O)CN(C)c1cccc(C(N)=S)c1. The number of hydrogen-bond donors (Lipinski definition) is 2. The molecule has 0 atom stereocenters. The summed E-state index contributed by atoms with van der Waals surface area (Å²) >= 11 is 4.93. The highest BCUT2D eigenvalue weighted by atomic mass is 32.1. The number of nitrogens with one attached hydrogen (secondary N) is 1. The van der Waals surface area contributed by atoms with Crippen molar-refractivity contribution >= 4 is 28.8 Å². The Hall–Kier alpha value is -1.62. The van der Waals surface area contributed by atoms with Gasteiger partial charge in [0.05, 0.1) is 6.54 Å². The lowest BCUT2D eigenvalue weighted by Crippen LogP contribution is -2.38. The first-order valence-corrected chi connectivity index (χ1v) is 6.21. The third-order valence-corrected chi connectivity index (χ3v) is 2.64. The van der Waals surface area contributed by atoms with Gasteiger partial charge >= 0.3 is 0 Å². The monoisotopic (exact) mass is 265 g/mol. The molecule has 0 heterocycles. The number of thiocarbonyl (C=S) groups is 1. The molecule has 1 aromatic carbocycles. The zero-order chi connectivity index (χ0) is 13.7. The van der Waals surface area contributed by atoms with E-state index in [9.17, 15) is 4.79 Å². The highest BCUT2D eigenvalue weighted by Crippen LogP contribution is 2.14. The van der Waals surface area contributed by atoms with Gasteiger partial charge in [-0.25, -0.2) is 0 Å². The zero-order valence-electron chi connectivity index (χ0n) is 10.9. The van der Waals surface area contributed by atoms with Crippen LogP contribution in [0.4, 0.5) is 5.69 Å². The van der Waals surface area contributed by atoms with Gasteiger partial charge in [0.15, 0.2) is 0 Å². The van der Waals surface area contributed by atoms with Crippen LogP contribution in [0.25, 0.3) is 0 Å². The summed E-state index contributed by atoms with van der Waals surface area (Å²) in [7, 11) is 1.86. The Morgan fingerprint density at radius 1 is 1.50 bits per heavy atom. The van der Waals surface area contributed by atoms with Crippen molar-refractivity contribution in [3.05, 3.63) is 29.8 Å². The molecule has 4 nitrogen and oxygen atoms in total. The van der Waals surface area contributed by atoms with Crippen LogP contribution in [0.2, 0.25) is 0 Å². The summed E-state index contributed by atoms with van der Waals surface area (Å²) in [5.74, 6) is -0.00627. The fourth-order valence-corrected chi connectivity index (χ4v) is 1.70. The van der Waals surface area contributed by atoms with Crippen molar-refractivity contribution < 1.29 is 4.79 Å². The molecule has 0 saturated heterocycles.